The fourth-order valence-electron chi connectivity index (χ4n) is 9.58. The monoisotopic (exact) mass is 793 g/mol. The third-order valence-corrected chi connectivity index (χ3v) is 12.3. The summed E-state index contributed by atoms with van der Waals surface area (Å²) in [5.74, 6) is 1.46. The van der Waals surface area contributed by atoms with Crippen LogP contribution in [0.25, 0.3) is 117 Å². The molecule has 0 fully saturated rings. The zero-order chi connectivity index (χ0) is 40.7. The molecule has 0 amide bonds. The second-order valence-corrected chi connectivity index (χ2v) is 15.8. The maximum atomic E-state index is 6.46. The van der Waals surface area contributed by atoms with Gasteiger partial charge in [0.05, 0.1) is 39.0 Å². The van der Waals surface area contributed by atoms with Crippen molar-refractivity contribution in [3.05, 3.63) is 212 Å². The van der Waals surface area contributed by atoms with Crippen LogP contribution in [0.1, 0.15) is 0 Å². The van der Waals surface area contributed by atoms with Gasteiger partial charge in [-0.1, -0.05) is 146 Å². The molecule has 0 spiro atoms. The standard InChI is InChI=1S/C56H35N5O/c1-3-16-38(17-4-1)56-57-45-25-15-24-40(54(45)62-56)36-30-32-37(33-31-36)55-58-52-50(60-46-26-11-7-20-41(46)42-21-8-12-27-47(42)60)34-35-51(53(52)59(55)39-18-5-2-6-19-39)61-48-28-13-9-22-43(48)44-23-10-14-29-49(44)61/h1-35H. The van der Waals surface area contributed by atoms with Gasteiger partial charge in [-0.05, 0) is 72.3 Å². The van der Waals surface area contributed by atoms with Crippen LogP contribution in [0.5, 0.6) is 0 Å². The molecule has 6 heteroatoms. The van der Waals surface area contributed by atoms with Crippen molar-refractivity contribution < 1.29 is 4.42 Å². The summed E-state index contributed by atoms with van der Waals surface area (Å²) in [6.45, 7) is 0. The molecular weight excluding hydrogens is 759 g/mol. The minimum atomic E-state index is 0.611. The lowest BCUT2D eigenvalue weighted by atomic mass is 10.0. The van der Waals surface area contributed by atoms with E-state index in [-0.39, 0.29) is 0 Å². The number of aromatic nitrogens is 5. The molecule has 62 heavy (non-hydrogen) atoms. The summed E-state index contributed by atoms with van der Waals surface area (Å²) in [5, 5.41) is 4.83. The van der Waals surface area contributed by atoms with Gasteiger partial charge >= 0.3 is 0 Å². The molecule has 4 heterocycles. The molecule has 4 aromatic heterocycles. The topological polar surface area (TPSA) is 53.7 Å². The first kappa shape index (κ1) is 34.4. The van der Waals surface area contributed by atoms with Gasteiger partial charge in [0.1, 0.15) is 16.9 Å². The summed E-state index contributed by atoms with van der Waals surface area (Å²) in [6.07, 6.45) is 0. The first-order chi connectivity index (χ1) is 30.8. The molecule has 0 radical (unpaired) electrons. The molecule has 6 nitrogen and oxygen atoms in total. The third kappa shape index (κ3) is 5.10. The van der Waals surface area contributed by atoms with Gasteiger partial charge in [-0.25, -0.2) is 9.97 Å². The minimum absolute atomic E-state index is 0.611. The Morgan fingerprint density at radius 2 is 0.855 bits per heavy atom. The summed E-state index contributed by atoms with van der Waals surface area (Å²) in [5.41, 5.74) is 15.1. The maximum absolute atomic E-state index is 6.46. The molecule has 290 valence electrons. The van der Waals surface area contributed by atoms with Crippen molar-refractivity contribution >= 4 is 65.7 Å². The molecular formula is C56H35N5O. The van der Waals surface area contributed by atoms with Crippen molar-refractivity contribution in [1.29, 1.82) is 0 Å². The lowest BCUT2D eigenvalue weighted by molar-refractivity contribution is 0.621. The average Bonchev–Trinajstić information content (AvgIpc) is 4.12. The second-order valence-electron chi connectivity index (χ2n) is 15.8. The summed E-state index contributed by atoms with van der Waals surface area (Å²) >= 11 is 0. The molecule has 0 bridgehead atoms. The van der Waals surface area contributed by atoms with E-state index in [1.54, 1.807) is 0 Å². The minimum Gasteiger partial charge on any atom is -0.435 e. The summed E-state index contributed by atoms with van der Waals surface area (Å²) in [6, 6.07) is 74.9. The van der Waals surface area contributed by atoms with Crippen LogP contribution in [0.2, 0.25) is 0 Å². The van der Waals surface area contributed by atoms with E-state index in [4.69, 9.17) is 14.4 Å². The molecule has 0 N–H and O–H groups in total. The van der Waals surface area contributed by atoms with Gasteiger partial charge in [0, 0.05) is 43.9 Å². The van der Waals surface area contributed by atoms with Crippen LogP contribution in [0.15, 0.2) is 217 Å². The molecule has 13 aromatic rings. The summed E-state index contributed by atoms with van der Waals surface area (Å²) < 4.78 is 13.6. The Bertz CT molecular complexity index is 3750. The zero-order valence-electron chi connectivity index (χ0n) is 33.4. The van der Waals surface area contributed by atoms with Crippen LogP contribution in [0, 0.1) is 0 Å². The Kier molecular flexibility index (Phi) is 7.50. The van der Waals surface area contributed by atoms with Crippen molar-refractivity contribution in [3.63, 3.8) is 0 Å². The number of oxazole rings is 1. The van der Waals surface area contributed by atoms with Crippen LogP contribution in [0.4, 0.5) is 0 Å². The van der Waals surface area contributed by atoms with Crippen LogP contribution in [-0.4, -0.2) is 23.7 Å². The molecule has 0 saturated carbocycles. The molecule has 0 atom stereocenters. The number of hydrogen-bond acceptors (Lipinski definition) is 3. The van der Waals surface area contributed by atoms with Crippen molar-refractivity contribution in [2.75, 3.05) is 0 Å². The van der Waals surface area contributed by atoms with Crippen LogP contribution in [-0.2, 0) is 0 Å². The SMILES string of the molecule is c1ccc(-c2nc3cccc(-c4ccc(-c5nc6c(-n7c8ccccc8c8ccccc87)ccc(-n7c8ccccc8c8ccccc87)c6n5-c5ccccc5)cc4)c3o2)cc1. The fraction of sp³-hybridized carbons (Fsp3) is 0. The highest BCUT2D eigenvalue weighted by Gasteiger charge is 2.25. The first-order valence-electron chi connectivity index (χ1n) is 20.9. The predicted octanol–water partition coefficient (Wildman–Crippen LogP) is 14.4. The van der Waals surface area contributed by atoms with E-state index in [2.05, 4.69) is 184 Å². The number of imidazole rings is 1. The van der Waals surface area contributed by atoms with Crippen LogP contribution < -0.4 is 0 Å². The Balaban J connectivity index is 1.10. The Labute approximate surface area is 355 Å². The summed E-state index contributed by atoms with van der Waals surface area (Å²) in [4.78, 5) is 10.6. The van der Waals surface area contributed by atoms with Crippen molar-refractivity contribution in [2.45, 2.75) is 0 Å². The molecule has 9 aromatic carbocycles. The van der Waals surface area contributed by atoms with Gasteiger partial charge in [0.2, 0.25) is 5.89 Å². The normalized spacial score (nSPS) is 11.9. The number of para-hydroxylation sites is 6. The Hall–Kier alpha value is -8.48. The van der Waals surface area contributed by atoms with E-state index in [0.29, 0.717) is 5.89 Å². The number of benzene rings is 9. The van der Waals surface area contributed by atoms with Gasteiger partial charge < -0.3 is 13.6 Å². The van der Waals surface area contributed by atoms with Gasteiger partial charge in [-0.3, -0.25) is 4.57 Å². The summed E-state index contributed by atoms with van der Waals surface area (Å²) in [7, 11) is 0. The van der Waals surface area contributed by atoms with E-state index < -0.39 is 0 Å². The second kappa shape index (κ2) is 13.5. The van der Waals surface area contributed by atoms with E-state index in [1.165, 1.54) is 21.5 Å². The number of rotatable bonds is 6. The fourth-order valence-corrected chi connectivity index (χ4v) is 9.58. The molecule has 0 aliphatic heterocycles. The highest BCUT2D eigenvalue weighted by molar-refractivity contribution is 6.13. The van der Waals surface area contributed by atoms with Gasteiger partial charge in [0.15, 0.2) is 5.58 Å². The number of fused-ring (bicyclic) bond motifs is 8. The number of nitrogens with zero attached hydrogens (tertiary/aromatic N) is 5. The van der Waals surface area contributed by atoms with E-state index in [1.807, 2.05) is 42.5 Å². The van der Waals surface area contributed by atoms with Crippen LogP contribution in [0.3, 0.4) is 0 Å². The first-order valence-corrected chi connectivity index (χ1v) is 20.9. The highest BCUT2D eigenvalue weighted by Crippen LogP contribution is 2.42. The van der Waals surface area contributed by atoms with E-state index in [9.17, 15) is 0 Å². The van der Waals surface area contributed by atoms with E-state index in [0.717, 1.165) is 89.3 Å². The smallest absolute Gasteiger partial charge is 0.227 e. The van der Waals surface area contributed by atoms with Gasteiger partial charge in [-0.2, -0.15) is 0 Å². The lowest BCUT2D eigenvalue weighted by Gasteiger charge is -2.16. The van der Waals surface area contributed by atoms with Crippen LogP contribution >= 0.6 is 0 Å². The van der Waals surface area contributed by atoms with Crippen molar-refractivity contribution in [3.8, 4) is 51.0 Å². The molecule has 0 aliphatic carbocycles. The van der Waals surface area contributed by atoms with E-state index >= 15 is 0 Å². The van der Waals surface area contributed by atoms with Gasteiger partial charge in [-0.15, -0.1) is 0 Å². The molecule has 13 rings (SSSR count). The highest BCUT2D eigenvalue weighted by atomic mass is 16.3. The Morgan fingerprint density at radius 3 is 1.45 bits per heavy atom. The lowest BCUT2D eigenvalue weighted by Crippen LogP contribution is -2.03. The van der Waals surface area contributed by atoms with Crippen molar-refractivity contribution in [2.24, 2.45) is 0 Å². The van der Waals surface area contributed by atoms with Crippen molar-refractivity contribution in [1.82, 2.24) is 23.7 Å². The number of hydrogen-bond donors (Lipinski definition) is 0. The van der Waals surface area contributed by atoms with Gasteiger partial charge in [0.25, 0.3) is 0 Å². The third-order valence-electron chi connectivity index (χ3n) is 12.3. The quantitative estimate of drug-likeness (QED) is 0.168. The largest absolute Gasteiger partial charge is 0.435 e. The Morgan fingerprint density at radius 1 is 0.355 bits per heavy atom. The molecule has 0 unspecified atom stereocenters. The maximum Gasteiger partial charge on any atom is 0.227 e. The molecule has 0 saturated heterocycles. The predicted molar refractivity (Wildman–Crippen MR) is 254 cm³/mol. The molecule has 0 aliphatic rings. The zero-order valence-corrected chi connectivity index (χ0v) is 33.4. The average molecular weight is 794 g/mol.